The number of carbonyl (C=O) groups excluding carboxylic acids is 2. The van der Waals surface area contributed by atoms with Crippen LogP contribution in [0.15, 0.2) is 60.7 Å². The Bertz CT molecular complexity index is 1220. The molecule has 2 aromatic carbocycles. The number of rotatable bonds is 24. The number of carbonyl (C=O) groups is 2. The maximum absolute atomic E-state index is 12.5. The molecule has 0 heterocycles. The van der Waals surface area contributed by atoms with Gasteiger partial charge < -0.3 is 37.9 Å². The van der Waals surface area contributed by atoms with E-state index in [0.717, 1.165) is 25.7 Å². The number of ether oxygens (including phenoxy) is 8. The largest absolute Gasteiger partial charge is 0.493 e. The molecule has 45 heavy (non-hydrogen) atoms. The van der Waals surface area contributed by atoms with E-state index in [1.807, 2.05) is 6.07 Å². The molecule has 0 aliphatic rings. The van der Waals surface area contributed by atoms with E-state index in [2.05, 4.69) is 20.1 Å². The lowest BCUT2D eigenvalue weighted by molar-refractivity contribution is -0.131. The minimum absolute atomic E-state index is 0.186. The third kappa shape index (κ3) is 14.8. The van der Waals surface area contributed by atoms with Crippen LogP contribution in [0.4, 0.5) is 0 Å². The van der Waals surface area contributed by atoms with Crippen molar-refractivity contribution < 1.29 is 47.5 Å². The Morgan fingerprint density at radius 1 is 0.622 bits per heavy atom. The molecule has 0 unspecified atom stereocenters. The molecule has 248 valence electrons. The fourth-order valence-electron chi connectivity index (χ4n) is 3.78. The van der Waals surface area contributed by atoms with E-state index >= 15 is 0 Å². The van der Waals surface area contributed by atoms with Crippen molar-refractivity contribution in [1.29, 1.82) is 0 Å². The van der Waals surface area contributed by atoms with E-state index < -0.39 is 11.9 Å². The molecular formula is C35H48O10. The van der Waals surface area contributed by atoms with E-state index in [1.165, 1.54) is 0 Å². The van der Waals surface area contributed by atoms with Crippen molar-refractivity contribution in [3.05, 3.63) is 60.7 Å². The first-order valence-corrected chi connectivity index (χ1v) is 15.3. The normalized spacial score (nSPS) is 10.8. The third-order valence-electron chi connectivity index (χ3n) is 6.24. The van der Waals surface area contributed by atoms with Gasteiger partial charge in [-0.1, -0.05) is 45.4 Å². The maximum Gasteiger partial charge on any atom is 0.338 e. The number of benzene rings is 2. The Balaban J connectivity index is 2.11. The minimum atomic E-state index is -0.600. The molecular weight excluding hydrogens is 580 g/mol. The van der Waals surface area contributed by atoms with Crippen LogP contribution < -0.4 is 18.9 Å². The van der Waals surface area contributed by atoms with Crippen molar-refractivity contribution in [2.75, 3.05) is 66.6 Å². The van der Waals surface area contributed by atoms with Crippen LogP contribution in [0.25, 0.3) is 11.1 Å². The van der Waals surface area contributed by atoms with Crippen LogP contribution in [0.5, 0.6) is 23.0 Å². The standard InChI is InChI=1S/C35H48O10/c1-7-8-9-10-15-42-29-12-13-30(32(25-29)44-34(36)26(2)3)28-11-14-31(33(24-28)45-35(37)27(4)5)43-23-22-41-21-20-40-19-18-39-17-16-38-6/h11-14,24-25H,2,4,7-10,15-23H2,1,3,5-6H3. The summed E-state index contributed by atoms with van der Waals surface area (Å²) in [6.07, 6.45) is 4.30. The molecule has 2 rings (SSSR count). The second-order valence-electron chi connectivity index (χ2n) is 10.2. The zero-order valence-corrected chi connectivity index (χ0v) is 27.2. The maximum atomic E-state index is 12.5. The van der Waals surface area contributed by atoms with Crippen LogP contribution in [-0.2, 0) is 28.5 Å². The molecule has 10 nitrogen and oxygen atoms in total. The second-order valence-corrected chi connectivity index (χ2v) is 10.2. The van der Waals surface area contributed by atoms with Gasteiger partial charge in [-0.2, -0.15) is 0 Å². The Morgan fingerprint density at radius 2 is 1.22 bits per heavy atom. The summed E-state index contributed by atoms with van der Waals surface area (Å²) in [7, 11) is 1.62. The summed E-state index contributed by atoms with van der Waals surface area (Å²) in [5, 5.41) is 0. The lowest BCUT2D eigenvalue weighted by Gasteiger charge is -2.16. The average Bonchev–Trinajstić information content (AvgIpc) is 3.02. The van der Waals surface area contributed by atoms with Gasteiger partial charge in [0.05, 0.1) is 52.9 Å². The molecule has 0 N–H and O–H groups in total. The predicted octanol–water partition coefficient (Wildman–Crippen LogP) is 6.35. The molecule has 0 aliphatic carbocycles. The van der Waals surface area contributed by atoms with E-state index in [0.29, 0.717) is 75.5 Å². The second kappa shape index (κ2) is 21.9. The van der Waals surface area contributed by atoms with Gasteiger partial charge in [0.1, 0.15) is 18.1 Å². The van der Waals surface area contributed by atoms with E-state index in [4.69, 9.17) is 37.9 Å². The highest BCUT2D eigenvalue weighted by Gasteiger charge is 2.18. The monoisotopic (exact) mass is 628 g/mol. The van der Waals surface area contributed by atoms with Crippen LogP contribution in [0.1, 0.15) is 46.5 Å². The molecule has 0 spiro atoms. The Morgan fingerprint density at radius 3 is 1.82 bits per heavy atom. The van der Waals surface area contributed by atoms with Crippen LogP contribution in [0.2, 0.25) is 0 Å². The smallest absolute Gasteiger partial charge is 0.338 e. The summed E-state index contributed by atoms with van der Waals surface area (Å²) >= 11 is 0. The number of methoxy groups -OCH3 is 1. The van der Waals surface area contributed by atoms with E-state index in [9.17, 15) is 9.59 Å². The molecule has 0 radical (unpaired) electrons. The predicted molar refractivity (Wildman–Crippen MR) is 172 cm³/mol. The van der Waals surface area contributed by atoms with Crippen LogP contribution in [0.3, 0.4) is 0 Å². The fourth-order valence-corrected chi connectivity index (χ4v) is 3.78. The topological polar surface area (TPSA) is 108 Å². The Kier molecular flexibility index (Phi) is 18.3. The highest BCUT2D eigenvalue weighted by atomic mass is 16.6. The fraction of sp³-hybridized carbons (Fsp3) is 0.486. The molecule has 10 heteroatoms. The molecule has 0 saturated carbocycles. The number of hydrogen-bond donors (Lipinski definition) is 0. The summed E-state index contributed by atoms with van der Waals surface area (Å²) in [6.45, 7) is 16.6. The summed E-state index contributed by atoms with van der Waals surface area (Å²) < 4.78 is 44.4. The van der Waals surface area contributed by atoms with Crippen LogP contribution in [0, 0.1) is 0 Å². The first-order valence-electron chi connectivity index (χ1n) is 15.3. The highest BCUT2D eigenvalue weighted by Crippen LogP contribution is 2.39. The molecule has 0 amide bonds. The van der Waals surface area contributed by atoms with Crippen molar-refractivity contribution in [2.24, 2.45) is 0 Å². The molecule has 0 aliphatic heterocycles. The van der Waals surface area contributed by atoms with Gasteiger partial charge in [0.15, 0.2) is 11.5 Å². The van der Waals surface area contributed by atoms with Crippen molar-refractivity contribution in [3.8, 4) is 34.1 Å². The summed E-state index contributed by atoms with van der Waals surface area (Å²) in [5.74, 6) is 0.231. The van der Waals surface area contributed by atoms with Crippen molar-refractivity contribution in [3.63, 3.8) is 0 Å². The van der Waals surface area contributed by atoms with Crippen molar-refractivity contribution >= 4 is 11.9 Å². The summed E-state index contributed by atoms with van der Waals surface area (Å²) in [6, 6.07) is 10.4. The van der Waals surface area contributed by atoms with Gasteiger partial charge in [0.2, 0.25) is 0 Å². The summed E-state index contributed by atoms with van der Waals surface area (Å²) in [5.41, 5.74) is 1.71. The molecule has 0 bridgehead atoms. The Hall–Kier alpha value is -3.70. The first-order chi connectivity index (χ1) is 21.8. The number of unbranched alkanes of at least 4 members (excludes halogenated alkanes) is 3. The van der Waals surface area contributed by atoms with Gasteiger partial charge >= 0.3 is 11.9 Å². The third-order valence-corrected chi connectivity index (χ3v) is 6.24. The first kappa shape index (κ1) is 37.5. The van der Waals surface area contributed by atoms with Gasteiger partial charge in [-0.3, -0.25) is 0 Å². The van der Waals surface area contributed by atoms with Crippen LogP contribution in [-0.4, -0.2) is 78.5 Å². The highest BCUT2D eigenvalue weighted by molar-refractivity contribution is 5.91. The zero-order valence-electron chi connectivity index (χ0n) is 27.2. The van der Waals surface area contributed by atoms with Gasteiger partial charge in [-0.15, -0.1) is 0 Å². The van der Waals surface area contributed by atoms with Gasteiger partial charge in [-0.25, -0.2) is 9.59 Å². The SMILES string of the molecule is C=C(C)C(=O)Oc1cc(-c2ccc(OCCCCCC)cc2OC(=O)C(=C)C)ccc1OCCOCCOCCOCCOC. The van der Waals surface area contributed by atoms with Crippen molar-refractivity contribution in [1.82, 2.24) is 0 Å². The Labute approximate surface area is 267 Å². The van der Waals surface area contributed by atoms with E-state index in [-0.39, 0.29) is 29.3 Å². The van der Waals surface area contributed by atoms with Gasteiger partial charge in [0.25, 0.3) is 0 Å². The zero-order chi connectivity index (χ0) is 32.9. The minimum Gasteiger partial charge on any atom is -0.493 e. The van der Waals surface area contributed by atoms with Gasteiger partial charge in [0, 0.05) is 29.9 Å². The lowest BCUT2D eigenvalue weighted by atomic mass is 10.0. The van der Waals surface area contributed by atoms with Gasteiger partial charge in [-0.05, 0) is 50.1 Å². The molecule has 0 aromatic heterocycles. The lowest BCUT2D eigenvalue weighted by Crippen LogP contribution is -2.14. The van der Waals surface area contributed by atoms with Crippen molar-refractivity contribution in [2.45, 2.75) is 46.5 Å². The van der Waals surface area contributed by atoms with E-state index in [1.54, 1.807) is 51.3 Å². The number of hydrogen-bond acceptors (Lipinski definition) is 10. The molecule has 2 aromatic rings. The average molecular weight is 629 g/mol. The molecule has 0 saturated heterocycles. The molecule has 0 fully saturated rings. The molecule has 0 atom stereocenters. The quantitative estimate of drug-likeness (QED) is 0.0565. The number of esters is 2. The van der Waals surface area contributed by atoms with Crippen LogP contribution >= 0.6 is 0 Å². The summed E-state index contributed by atoms with van der Waals surface area (Å²) in [4.78, 5) is 24.9.